The molecule has 0 saturated carbocycles. The first kappa shape index (κ1) is 20.0. The molecule has 0 radical (unpaired) electrons. The minimum Gasteiger partial charge on any atom is -0.255 e. The van der Waals surface area contributed by atoms with Crippen molar-refractivity contribution >= 4 is 10.9 Å². The molecule has 160 valence electrons. The number of benzene rings is 3. The summed E-state index contributed by atoms with van der Waals surface area (Å²) in [5, 5.41) is 1.11. The first-order valence-corrected chi connectivity index (χ1v) is 11.3. The monoisotopic (exact) mass is 435 g/mol. The highest BCUT2D eigenvalue weighted by Crippen LogP contribution is 2.35. The van der Waals surface area contributed by atoms with Crippen molar-refractivity contribution in [1.29, 1.82) is 0 Å². The maximum absolute atomic E-state index is 5.00. The van der Waals surface area contributed by atoms with Crippen LogP contribution in [0.5, 0.6) is 0 Å². The number of rotatable bonds is 4. The van der Waals surface area contributed by atoms with Gasteiger partial charge in [0.05, 0.1) is 22.6 Å². The number of hydrogen-bond donors (Lipinski definition) is 0. The van der Waals surface area contributed by atoms with Gasteiger partial charge in [0.2, 0.25) is 0 Å². The molecule has 0 saturated heterocycles. The van der Waals surface area contributed by atoms with Crippen molar-refractivity contribution in [2.24, 2.45) is 0 Å². The predicted molar refractivity (Wildman–Crippen MR) is 139 cm³/mol. The molecule has 3 aromatic heterocycles. The lowest BCUT2D eigenvalue weighted by Gasteiger charge is -2.12. The molecule has 3 heteroatoms. The molecule has 0 atom stereocenters. The maximum Gasteiger partial charge on any atom is 0.0886 e. The van der Waals surface area contributed by atoms with Crippen molar-refractivity contribution < 1.29 is 0 Å². The highest BCUT2D eigenvalue weighted by Gasteiger charge is 2.12. The van der Waals surface area contributed by atoms with E-state index in [9.17, 15) is 0 Å². The molecule has 0 aliphatic heterocycles. The van der Waals surface area contributed by atoms with Gasteiger partial charge in [-0.3, -0.25) is 9.97 Å². The summed E-state index contributed by atoms with van der Waals surface area (Å²) in [7, 11) is 0. The zero-order chi connectivity index (χ0) is 22.7. The Labute approximate surface area is 198 Å². The van der Waals surface area contributed by atoms with Crippen LogP contribution in [-0.4, -0.2) is 15.0 Å². The van der Waals surface area contributed by atoms with Gasteiger partial charge in [0.15, 0.2) is 0 Å². The lowest BCUT2D eigenvalue weighted by Crippen LogP contribution is -1.92. The molecule has 3 aromatic carbocycles. The van der Waals surface area contributed by atoms with Crippen molar-refractivity contribution in [3.8, 4) is 44.9 Å². The number of hydrogen-bond acceptors (Lipinski definition) is 3. The Bertz CT molecular complexity index is 1560. The summed E-state index contributed by atoms with van der Waals surface area (Å²) in [5.41, 5.74) is 9.25. The highest BCUT2D eigenvalue weighted by atomic mass is 14.8. The molecule has 34 heavy (non-hydrogen) atoms. The van der Waals surface area contributed by atoms with Crippen LogP contribution in [0, 0.1) is 0 Å². The molecular weight excluding hydrogens is 414 g/mol. The van der Waals surface area contributed by atoms with E-state index < -0.39 is 0 Å². The topological polar surface area (TPSA) is 38.7 Å². The summed E-state index contributed by atoms with van der Waals surface area (Å²) in [5.74, 6) is 0. The van der Waals surface area contributed by atoms with Crippen LogP contribution in [-0.2, 0) is 0 Å². The van der Waals surface area contributed by atoms with E-state index in [1.807, 2.05) is 54.7 Å². The van der Waals surface area contributed by atoms with Crippen LogP contribution in [0.1, 0.15) is 0 Å². The minimum atomic E-state index is 0.857. The quantitative estimate of drug-likeness (QED) is 0.285. The van der Waals surface area contributed by atoms with E-state index in [0.29, 0.717) is 0 Å². The van der Waals surface area contributed by atoms with Gasteiger partial charge in [0, 0.05) is 28.9 Å². The van der Waals surface area contributed by atoms with Crippen LogP contribution >= 0.6 is 0 Å². The lowest BCUT2D eigenvalue weighted by molar-refractivity contribution is 1.25. The average molecular weight is 436 g/mol. The Balaban J connectivity index is 1.54. The van der Waals surface area contributed by atoms with E-state index >= 15 is 0 Å². The zero-order valence-electron chi connectivity index (χ0n) is 18.5. The smallest absolute Gasteiger partial charge is 0.0886 e. The third-order valence-corrected chi connectivity index (χ3v) is 5.99. The van der Waals surface area contributed by atoms with E-state index in [-0.39, 0.29) is 0 Å². The van der Waals surface area contributed by atoms with Gasteiger partial charge in [-0.2, -0.15) is 0 Å². The number of nitrogens with zero attached hydrogens (tertiary/aromatic N) is 3. The van der Waals surface area contributed by atoms with Gasteiger partial charge in [-0.25, -0.2) is 4.98 Å². The second kappa shape index (κ2) is 8.72. The summed E-state index contributed by atoms with van der Waals surface area (Å²) in [4.78, 5) is 14.2. The summed E-state index contributed by atoms with van der Waals surface area (Å²) >= 11 is 0. The number of fused-ring (bicyclic) bond motifs is 1. The average Bonchev–Trinajstić information content (AvgIpc) is 2.94. The molecule has 0 aliphatic carbocycles. The lowest BCUT2D eigenvalue weighted by atomic mass is 9.96. The maximum atomic E-state index is 5.00. The van der Waals surface area contributed by atoms with E-state index in [0.717, 1.165) is 44.7 Å². The van der Waals surface area contributed by atoms with Crippen molar-refractivity contribution in [2.45, 2.75) is 0 Å². The molecule has 0 spiro atoms. The van der Waals surface area contributed by atoms with Crippen LogP contribution in [0.15, 0.2) is 128 Å². The van der Waals surface area contributed by atoms with Gasteiger partial charge in [-0.05, 0) is 53.1 Å². The third kappa shape index (κ3) is 3.84. The van der Waals surface area contributed by atoms with Crippen LogP contribution < -0.4 is 0 Å². The largest absolute Gasteiger partial charge is 0.255 e. The van der Waals surface area contributed by atoms with Gasteiger partial charge in [0.25, 0.3) is 0 Å². The first-order valence-electron chi connectivity index (χ1n) is 11.3. The fourth-order valence-corrected chi connectivity index (χ4v) is 4.25. The fourth-order valence-electron chi connectivity index (χ4n) is 4.25. The van der Waals surface area contributed by atoms with Gasteiger partial charge >= 0.3 is 0 Å². The molecule has 0 bridgehead atoms. The molecule has 6 aromatic rings. The van der Waals surface area contributed by atoms with Crippen LogP contribution in [0.3, 0.4) is 0 Å². The molecule has 0 aliphatic rings. The SMILES string of the molecule is c1ccc(-c2ccc3nc(-c4ccccc4)cc(-c4ccc(-c5ccccn5)nc4)c3c2)cc1. The molecule has 3 nitrogen and oxygen atoms in total. The van der Waals surface area contributed by atoms with E-state index in [1.54, 1.807) is 6.20 Å². The standard InChI is InChI=1S/C31H21N3/c1-3-9-22(10-4-1)24-14-16-28-27(19-24)26(20-31(34-28)23-11-5-2-6-12-23)25-15-17-30(33-21-25)29-13-7-8-18-32-29/h1-21H. The molecule has 6 rings (SSSR count). The minimum absolute atomic E-state index is 0.857. The Hall–Kier alpha value is -4.63. The van der Waals surface area contributed by atoms with Gasteiger partial charge < -0.3 is 0 Å². The summed E-state index contributed by atoms with van der Waals surface area (Å²) in [6.07, 6.45) is 3.72. The first-order chi connectivity index (χ1) is 16.8. The Morgan fingerprint density at radius 3 is 1.85 bits per heavy atom. The summed E-state index contributed by atoms with van der Waals surface area (Å²) in [6, 6.07) is 39.4. The molecule has 3 heterocycles. The van der Waals surface area contributed by atoms with Gasteiger partial charge in [-0.1, -0.05) is 78.9 Å². The van der Waals surface area contributed by atoms with E-state index in [2.05, 4.69) is 71.7 Å². The van der Waals surface area contributed by atoms with Gasteiger partial charge in [-0.15, -0.1) is 0 Å². The molecule has 0 unspecified atom stereocenters. The molecule has 0 fully saturated rings. The number of aromatic nitrogens is 3. The zero-order valence-corrected chi connectivity index (χ0v) is 18.5. The second-order valence-corrected chi connectivity index (χ2v) is 8.17. The van der Waals surface area contributed by atoms with Crippen molar-refractivity contribution in [1.82, 2.24) is 15.0 Å². The number of pyridine rings is 3. The highest BCUT2D eigenvalue weighted by molar-refractivity contribution is 5.99. The second-order valence-electron chi connectivity index (χ2n) is 8.17. The van der Waals surface area contributed by atoms with Gasteiger partial charge in [0.1, 0.15) is 0 Å². The summed E-state index contributed by atoms with van der Waals surface area (Å²) < 4.78 is 0. The van der Waals surface area contributed by atoms with Crippen molar-refractivity contribution in [3.63, 3.8) is 0 Å². The predicted octanol–water partition coefficient (Wildman–Crippen LogP) is 7.69. The Kier molecular flexibility index (Phi) is 5.13. The Morgan fingerprint density at radius 2 is 1.15 bits per heavy atom. The van der Waals surface area contributed by atoms with Crippen LogP contribution in [0.25, 0.3) is 55.8 Å². The van der Waals surface area contributed by atoms with Crippen molar-refractivity contribution in [3.05, 3.63) is 128 Å². The van der Waals surface area contributed by atoms with Crippen molar-refractivity contribution in [2.75, 3.05) is 0 Å². The molecular formula is C31H21N3. The Morgan fingerprint density at radius 1 is 0.441 bits per heavy atom. The summed E-state index contributed by atoms with van der Waals surface area (Å²) in [6.45, 7) is 0. The van der Waals surface area contributed by atoms with Crippen LogP contribution in [0.4, 0.5) is 0 Å². The molecule has 0 N–H and O–H groups in total. The normalized spacial score (nSPS) is 10.9. The molecule has 0 amide bonds. The fraction of sp³-hybridized carbons (Fsp3) is 0. The van der Waals surface area contributed by atoms with E-state index in [4.69, 9.17) is 9.97 Å². The third-order valence-electron chi connectivity index (χ3n) is 5.99. The van der Waals surface area contributed by atoms with E-state index in [1.165, 1.54) is 11.1 Å². The van der Waals surface area contributed by atoms with Crippen LogP contribution in [0.2, 0.25) is 0 Å².